The van der Waals surface area contributed by atoms with E-state index in [0.29, 0.717) is 37.6 Å². The zero-order valence-electron chi connectivity index (χ0n) is 30.8. The van der Waals surface area contributed by atoms with Gasteiger partial charge in [0.15, 0.2) is 0 Å². The van der Waals surface area contributed by atoms with E-state index in [1.54, 1.807) is 11.9 Å². The van der Waals surface area contributed by atoms with Gasteiger partial charge in [-0.2, -0.15) is 0 Å². The van der Waals surface area contributed by atoms with Crippen molar-refractivity contribution in [1.82, 2.24) is 20.4 Å². The zero-order chi connectivity index (χ0) is 35.6. The second-order valence-corrected chi connectivity index (χ2v) is 14.7. The van der Waals surface area contributed by atoms with Crippen LogP contribution in [-0.4, -0.2) is 95.3 Å². The molecule has 1 saturated carbocycles. The number of carbonyl (C=O) groups is 3. The molecule has 0 spiro atoms. The minimum Gasteiger partial charge on any atom is -0.390 e. The fraction of sp³-hybridized carbons (Fsp3) is 0.769. The van der Waals surface area contributed by atoms with Crippen LogP contribution in [0.2, 0.25) is 0 Å². The smallest absolute Gasteiger partial charge is 0.242 e. The van der Waals surface area contributed by atoms with Crippen LogP contribution >= 0.6 is 0 Å². The summed E-state index contributed by atoms with van der Waals surface area (Å²) in [6.45, 7) is 13.4. The van der Waals surface area contributed by atoms with E-state index in [0.717, 1.165) is 57.3 Å². The Morgan fingerprint density at radius 1 is 1.04 bits per heavy atom. The first kappa shape index (κ1) is 41.5. The molecular weight excluding hydrogens is 604 g/mol. The summed E-state index contributed by atoms with van der Waals surface area (Å²) in [5, 5.41) is 28.1. The summed E-state index contributed by atoms with van der Waals surface area (Å²) in [6, 6.07) is -1.60. The van der Waals surface area contributed by atoms with Gasteiger partial charge in [0.25, 0.3) is 0 Å². The number of nitrogens with one attached hydrogen (secondary N) is 2. The minimum atomic E-state index is -1.13. The van der Waals surface area contributed by atoms with Crippen LogP contribution in [-0.2, 0) is 14.4 Å². The Morgan fingerprint density at radius 3 is 2.33 bits per heavy atom. The van der Waals surface area contributed by atoms with Gasteiger partial charge in [0.05, 0.1) is 18.1 Å². The van der Waals surface area contributed by atoms with E-state index in [4.69, 9.17) is 6.42 Å². The third-order valence-electron chi connectivity index (χ3n) is 10.1. The molecule has 0 saturated heterocycles. The molecule has 2 aliphatic carbocycles. The van der Waals surface area contributed by atoms with Crippen molar-refractivity contribution in [2.45, 2.75) is 136 Å². The summed E-state index contributed by atoms with van der Waals surface area (Å²) in [4.78, 5) is 45.3. The van der Waals surface area contributed by atoms with Gasteiger partial charge in [0.2, 0.25) is 17.7 Å². The number of hydrogen-bond acceptors (Lipinski definition) is 6. The van der Waals surface area contributed by atoms with Gasteiger partial charge in [0.1, 0.15) is 12.1 Å². The number of aliphatic hydroxyl groups is 2. The van der Waals surface area contributed by atoms with Gasteiger partial charge in [-0.1, -0.05) is 90.5 Å². The molecule has 272 valence electrons. The summed E-state index contributed by atoms with van der Waals surface area (Å²) in [6.07, 6.45) is 18.0. The lowest BCUT2D eigenvalue weighted by Gasteiger charge is -2.34. The normalized spacial score (nSPS) is 19.9. The largest absolute Gasteiger partial charge is 0.390 e. The number of likely N-dealkylation sites (N-methyl/N-ethyl adjacent to an activating group) is 2. The molecule has 48 heavy (non-hydrogen) atoms. The lowest BCUT2D eigenvalue weighted by atomic mass is 9.82. The highest BCUT2D eigenvalue weighted by molar-refractivity contribution is 5.91. The first-order valence-electron chi connectivity index (χ1n) is 18.6. The average Bonchev–Trinajstić information content (AvgIpc) is 3.05. The first-order valence-corrected chi connectivity index (χ1v) is 18.6. The topological polar surface area (TPSA) is 122 Å². The standard InChI is InChI=1S/C39H66N4O5/c1-8-11-20-33(39(48)41-34(26-30-17-13-12-14-18-30)37(46)35(44)23-28(4)5)40-38(47)32(25-31-19-15-16-29(6)24-31)27-36(45)42(7)21-22-43(9-2)10-3/h1,15,19,24,28-30,32-35,37,44,46H,9-14,16-18,20-23,25-27H2,2-7H3,(H,40,47)(H,41,48)/t29?,32?,33-,34-,35-,37+/m0/s1. The molecule has 1 fully saturated rings. The number of hydrogen-bond donors (Lipinski definition) is 4. The van der Waals surface area contributed by atoms with Crippen molar-refractivity contribution < 1.29 is 24.6 Å². The van der Waals surface area contributed by atoms with E-state index < -0.39 is 36.1 Å². The Hall–Kier alpha value is -2.67. The van der Waals surface area contributed by atoms with E-state index >= 15 is 0 Å². The maximum atomic E-state index is 14.0. The fourth-order valence-corrected chi connectivity index (χ4v) is 6.95. The molecule has 0 aliphatic heterocycles. The van der Waals surface area contributed by atoms with Crippen molar-refractivity contribution in [1.29, 1.82) is 0 Å². The summed E-state index contributed by atoms with van der Waals surface area (Å²) in [5.74, 6) is 1.86. The van der Waals surface area contributed by atoms with Crippen LogP contribution in [0.4, 0.5) is 0 Å². The maximum absolute atomic E-state index is 14.0. The SMILES string of the molecule is C#CCC[C@H](NC(=O)C(CC(=O)N(C)CCN(CC)CC)CC1=CC(C)CC=C1)C(=O)N[C@@H](CC1CCCCC1)[C@@H](O)[C@@H](O)CC(C)C. The molecule has 9 nitrogen and oxygen atoms in total. The van der Waals surface area contributed by atoms with E-state index in [1.807, 2.05) is 19.9 Å². The van der Waals surface area contributed by atoms with Crippen LogP contribution in [0.1, 0.15) is 112 Å². The van der Waals surface area contributed by atoms with Crippen LogP contribution in [0.25, 0.3) is 0 Å². The lowest BCUT2D eigenvalue weighted by molar-refractivity contribution is -0.137. The molecule has 3 amide bonds. The number of rotatable bonds is 21. The molecule has 2 unspecified atom stereocenters. The van der Waals surface area contributed by atoms with E-state index in [9.17, 15) is 24.6 Å². The van der Waals surface area contributed by atoms with Crippen molar-refractivity contribution in [3.05, 3.63) is 23.8 Å². The molecule has 0 aromatic rings. The highest BCUT2D eigenvalue weighted by Crippen LogP contribution is 2.29. The Balaban J connectivity index is 2.26. The number of allylic oxidation sites excluding steroid dienone is 4. The Bertz CT molecular complexity index is 1090. The third kappa shape index (κ3) is 14.8. The van der Waals surface area contributed by atoms with E-state index in [-0.39, 0.29) is 37.0 Å². The molecule has 9 heteroatoms. The van der Waals surface area contributed by atoms with Crippen LogP contribution in [0, 0.1) is 36.0 Å². The van der Waals surface area contributed by atoms with Gasteiger partial charge in [-0.15, -0.1) is 12.3 Å². The maximum Gasteiger partial charge on any atom is 0.242 e. The number of aliphatic hydroxyl groups excluding tert-OH is 2. The monoisotopic (exact) mass is 671 g/mol. The summed E-state index contributed by atoms with van der Waals surface area (Å²) in [7, 11) is 1.78. The van der Waals surface area contributed by atoms with Gasteiger partial charge < -0.3 is 30.6 Å². The number of amides is 3. The van der Waals surface area contributed by atoms with Crippen LogP contribution in [0.3, 0.4) is 0 Å². The molecule has 0 radical (unpaired) electrons. The van der Waals surface area contributed by atoms with Gasteiger partial charge in [-0.3, -0.25) is 14.4 Å². The molecule has 2 rings (SSSR count). The van der Waals surface area contributed by atoms with Gasteiger partial charge in [-0.25, -0.2) is 0 Å². The molecular formula is C39H66N4O5. The number of terminal acetylenes is 1. The Morgan fingerprint density at radius 2 is 1.73 bits per heavy atom. The molecule has 2 aliphatic rings. The Kier molecular flexibility index (Phi) is 19.1. The highest BCUT2D eigenvalue weighted by atomic mass is 16.3. The second kappa shape index (κ2) is 22.1. The zero-order valence-corrected chi connectivity index (χ0v) is 30.8. The van der Waals surface area contributed by atoms with Gasteiger partial charge in [-0.05, 0) is 62.9 Å². The quantitative estimate of drug-likeness (QED) is 0.130. The predicted octanol–water partition coefficient (Wildman–Crippen LogP) is 4.83. The molecule has 0 bridgehead atoms. The summed E-state index contributed by atoms with van der Waals surface area (Å²) < 4.78 is 0. The van der Waals surface area contributed by atoms with Gasteiger partial charge in [0, 0.05) is 33.0 Å². The fourth-order valence-electron chi connectivity index (χ4n) is 6.95. The average molecular weight is 671 g/mol. The predicted molar refractivity (Wildman–Crippen MR) is 194 cm³/mol. The second-order valence-electron chi connectivity index (χ2n) is 14.7. The van der Waals surface area contributed by atoms with Crippen molar-refractivity contribution in [2.75, 3.05) is 33.2 Å². The van der Waals surface area contributed by atoms with Crippen molar-refractivity contribution in [3.8, 4) is 12.3 Å². The minimum absolute atomic E-state index is 0.0219. The lowest BCUT2D eigenvalue weighted by Crippen LogP contribution is -2.56. The van der Waals surface area contributed by atoms with Crippen LogP contribution in [0.5, 0.6) is 0 Å². The molecule has 0 aromatic heterocycles. The van der Waals surface area contributed by atoms with E-state index in [2.05, 4.69) is 54.4 Å². The molecule has 0 aromatic carbocycles. The highest BCUT2D eigenvalue weighted by Gasteiger charge is 2.34. The van der Waals surface area contributed by atoms with Crippen molar-refractivity contribution >= 4 is 17.7 Å². The van der Waals surface area contributed by atoms with Crippen molar-refractivity contribution in [3.63, 3.8) is 0 Å². The summed E-state index contributed by atoms with van der Waals surface area (Å²) >= 11 is 0. The van der Waals surface area contributed by atoms with Crippen LogP contribution < -0.4 is 10.6 Å². The summed E-state index contributed by atoms with van der Waals surface area (Å²) in [5.41, 5.74) is 1.01. The van der Waals surface area contributed by atoms with Gasteiger partial charge >= 0.3 is 0 Å². The number of carbonyl (C=O) groups excluding carboxylic acids is 3. The molecule has 0 heterocycles. The van der Waals surface area contributed by atoms with E-state index in [1.165, 1.54) is 6.42 Å². The molecule has 4 N–H and O–H groups in total. The number of nitrogens with zero attached hydrogens (tertiary/aromatic N) is 2. The molecule has 6 atom stereocenters. The van der Waals surface area contributed by atoms with Crippen LogP contribution in [0.15, 0.2) is 23.8 Å². The third-order valence-corrected chi connectivity index (χ3v) is 10.1. The van der Waals surface area contributed by atoms with Crippen molar-refractivity contribution in [2.24, 2.45) is 23.7 Å². The first-order chi connectivity index (χ1) is 22.9. The Labute approximate surface area is 291 Å².